The molecule has 2 unspecified atom stereocenters. The summed E-state index contributed by atoms with van der Waals surface area (Å²) < 4.78 is 17.9. The third-order valence-electron chi connectivity index (χ3n) is 2.90. The molecule has 0 fully saturated rings. The fourth-order valence-corrected chi connectivity index (χ4v) is 2.08. The molecule has 0 saturated carbocycles. The van der Waals surface area contributed by atoms with Gasteiger partial charge in [0.1, 0.15) is 11.9 Å². The lowest BCUT2D eigenvalue weighted by Gasteiger charge is -2.21. The van der Waals surface area contributed by atoms with Crippen LogP contribution in [0.4, 0.5) is 4.39 Å². The number of aliphatic hydroxyl groups is 2. The van der Waals surface area contributed by atoms with Gasteiger partial charge in [-0.05, 0) is 49.6 Å². The van der Waals surface area contributed by atoms with Crippen molar-refractivity contribution in [1.82, 2.24) is 0 Å². The van der Waals surface area contributed by atoms with Crippen LogP contribution in [0.1, 0.15) is 36.1 Å². The Morgan fingerprint density at radius 1 is 1.32 bits per heavy atom. The molecule has 4 nitrogen and oxygen atoms in total. The molecule has 5 heteroatoms. The predicted molar refractivity (Wildman–Crippen MR) is 68.1 cm³/mol. The number of hydrogen-bond donors (Lipinski definition) is 2. The van der Waals surface area contributed by atoms with E-state index >= 15 is 0 Å². The highest BCUT2D eigenvalue weighted by atomic mass is 19.1. The van der Waals surface area contributed by atoms with Gasteiger partial charge in [-0.2, -0.15) is 0 Å². The lowest BCUT2D eigenvalue weighted by atomic mass is 9.93. The summed E-state index contributed by atoms with van der Waals surface area (Å²) in [5.74, 6) is -0.975. The van der Waals surface area contributed by atoms with Gasteiger partial charge < -0.3 is 14.9 Å². The first-order valence-corrected chi connectivity index (χ1v) is 6.15. The van der Waals surface area contributed by atoms with Crippen molar-refractivity contribution in [2.75, 3.05) is 6.61 Å². The van der Waals surface area contributed by atoms with Gasteiger partial charge in [-0.3, -0.25) is 4.79 Å². The summed E-state index contributed by atoms with van der Waals surface area (Å²) in [5.41, 5.74) is 1.51. The van der Waals surface area contributed by atoms with Gasteiger partial charge in [0, 0.05) is 0 Å². The Kier molecular flexibility index (Phi) is 5.44. The van der Waals surface area contributed by atoms with Crippen molar-refractivity contribution in [3.05, 3.63) is 34.6 Å². The van der Waals surface area contributed by atoms with Crippen molar-refractivity contribution in [1.29, 1.82) is 0 Å². The van der Waals surface area contributed by atoms with Crippen LogP contribution in [-0.4, -0.2) is 28.9 Å². The van der Waals surface area contributed by atoms with Gasteiger partial charge in [0.05, 0.1) is 19.1 Å². The standard InChI is InChI=1S/C14H19FO4/c1-4-19-12(17)7-11(16)14(18)13-8(2)5-10(15)6-9(13)3/h5-6,11,14,16,18H,4,7H2,1-3H3. The summed E-state index contributed by atoms with van der Waals surface area (Å²) in [6.07, 6.45) is -2.82. The lowest BCUT2D eigenvalue weighted by molar-refractivity contribution is -0.147. The Hall–Kier alpha value is -1.46. The van der Waals surface area contributed by atoms with Crippen LogP contribution >= 0.6 is 0 Å². The van der Waals surface area contributed by atoms with Crippen LogP contribution < -0.4 is 0 Å². The second kappa shape index (κ2) is 6.63. The number of esters is 1. The second-order valence-corrected chi connectivity index (χ2v) is 4.47. The molecule has 2 N–H and O–H groups in total. The van der Waals surface area contributed by atoms with Gasteiger partial charge >= 0.3 is 5.97 Å². The highest BCUT2D eigenvalue weighted by molar-refractivity contribution is 5.70. The Morgan fingerprint density at radius 2 is 1.84 bits per heavy atom. The van der Waals surface area contributed by atoms with Gasteiger partial charge in [0.25, 0.3) is 0 Å². The molecule has 0 aliphatic rings. The maximum absolute atomic E-state index is 13.2. The summed E-state index contributed by atoms with van der Waals surface area (Å²) in [6.45, 7) is 5.17. The van der Waals surface area contributed by atoms with E-state index in [9.17, 15) is 19.4 Å². The molecule has 0 radical (unpaired) electrons. The van der Waals surface area contributed by atoms with Crippen LogP contribution in [0, 0.1) is 19.7 Å². The zero-order valence-electron chi connectivity index (χ0n) is 11.3. The quantitative estimate of drug-likeness (QED) is 0.800. The highest BCUT2D eigenvalue weighted by Crippen LogP contribution is 2.27. The molecule has 0 spiro atoms. The molecule has 106 valence electrons. The molecule has 0 aromatic heterocycles. The number of halogens is 1. The zero-order chi connectivity index (χ0) is 14.6. The van der Waals surface area contributed by atoms with Crippen LogP contribution in [-0.2, 0) is 9.53 Å². The van der Waals surface area contributed by atoms with Gasteiger partial charge in [-0.25, -0.2) is 4.39 Å². The summed E-state index contributed by atoms with van der Waals surface area (Å²) in [5, 5.41) is 19.9. The van der Waals surface area contributed by atoms with E-state index in [1.807, 2.05) is 0 Å². The van der Waals surface area contributed by atoms with Gasteiger partial charge in [-0.1, -0.05) is 0 Å². The van der Waals surface area contributed by atoms with Gasteiger partial charge in [-0.15, -0.1) is 0 Å². The molecule has 0 heterocycles. The maximum Gasteiger partial charge on any atom is 0.308 e. The SMILES string of the molecule is CCOC(=O)CC(O)C(O)c1c(C)cc(F)cc1C. The molecular formula is C14H19FO4. The molecular weight excluding hydrogens is 251 g/mol. The van der Waals surface area contributed by atoms with E-state index in [1.54, 1.807) is 20.8 Å². The summed E-state index contributed by atoms with van der Waals surface area (Å²) in [4.78, 5) is 11.3. The van der Waals surface area contributed by atoms with Crippen molar-refractivity contribution in [2.24, 2.45) is 0 Å². The number of benzene rings is 1. The average molecular weight is 270 g/mol. The molecule has 0 aliphatic carbocycles. The van der Waals surface area contributed by atoms with E-state index in [2.05, 4.69) is 0 Å². The van der Waals surface area contributed by atoms with Crippen LogP contribution in [0.3, 0.4) is 0 Å². The number of carbonyl (C=O) groups excluding carboxylic acids is 1. The second-order valence-electron chi connectivity index (χ2n) is 4.47. The number of aryl methyl sites for hydroxylation is 2. The molecule has 1 rings (SSSR count). The molecule has 0 amide bonds. The number of hydrogen-bond acceptors (Lipinski definition) is 4. The minimum Gasteiger partial charge on any atom is -0.466 e. The summed E-state index contributed by atoms with van der Waals surface area (Å²) in [7, 11) is 0. The van der Waals surface area contributed by atoms with Crippen LogP contribution in [0.25, 0.3) is 0 Å². The molecule has 19 heavy (non-hydrogen) atoms. The first-order chi connectivity index (χ1) is 8.86. The van der Waals surface area contributed by atoms with Gasteiger partial charge in [0.2, 0.25) is 0 Å². The van der Waals surface area contributed by atoms with E-state index in [4.69, 9.17) is 4.74 Å². The molecule has 0 bridgehead atoms. The van der Waals surface area contributed by atoms with Gasteiger partial charge in [0.15, 0.2) is 0 Å². The first-order valence-electron chi connectivity index (χ1n) is 6.15. The van der Waals surface area contributed by atoms with Crippen LogP contribution in [0.5, 0.6) is 0 Å². The van der Waals surface area contributed by atoms with E-state index < -0.39 is 24.0 Å². The van der Waals surface area contributed by atoms with E-state index in [1.165, 1.54) is 12.1 Å². The number of rotatable bonds is 5. The predicted octanol–water partition coefficient (Wildman–Crippen LogP) is 1.79. The fourth-order valence-electron chi connectivity index (χ4n) is 2.08. The van der Waals surface area contributed by atoms with E-state index in [-0.39, 0.29) is 13.0 Å². The first kappa shape index (κ1) is 15.6. The smallest absolute Gasteiger partial charge is 0.308 e. The molecule has 1 aromatic carbocycles. The topological polar surface area (TPSA) is 66.8 Å². The van der Waals surface area contributed by atoms with Crippen molar-refractivity contribution >= 4 is 5.97 Å². The Labute approximate surface area is 111 Å². The third kappa shape index (κ3) is 4.01. The minimum absolute atomic E-state index is 0.219. The van der Waals surface area contributed by atoms with Crippen LogP contribution in [0.2, 0.25) is 0 Å². The molecule has 2 atom stereocenters. The van der Waals surface area contributed by atoms with Crippen LogP contribution in [0.15, 0.2) is 12.1 Å². The molecule has 0 aliphatic heterocycles. The highest BCUT2D eigenvalue weighted by Gasteiger charge is 2.25. The normalized spacial score (nSPS) is 14.0. The molecule has 0 saturated heterocycles. The largest absolute Gasteiger partial charge is 0.466 e. The van der Waals surface area contributed by atoms with Crippen molar-refractivity contribution in [3.8, 4) is 0 Å². The van der Waals surface area contributed by atoms with Crippen molar-refractivity contribution < 1.29 is 24.1 Å². The summed E-state index contributed by atoms with van der Waals surface area (Å²) in [6, 6.07) is 2.56. The number of carbonyl (C=O) groups is 1. The van der Waals surface area contributed by atoms with Crippen molar-refractivity contribution in [3.63, 3.8) is 0 Å². The Balaban J connectivity index is 2.88. The lowest BCUT2D eigenvalue weighted by Crippen LogP contribution is -2.24. The number of aliphatic hydroxyl groups excluding tert-OH is 2. The average Bonchev–Trinajstić information content (AvgIpc) is 2.27. The third-order valence-corrected chi connectivity index (χ3v) is 2.90. The fraction of sp³-hybridized carbons (Fsp3) is 0.500. The van der Waals surface area contributed by atoms with Crippen molar-refractivity contribution in [2.45, 2.75) is 39.4 Å². The molecule has 1 aromatic rings. The maximum atomic E-state index is 13.2. The zero-order valence-corrected chi connectivity index (χ0v) is 11.3. The number of ether oxygens (including phenoxy) is 1. The van der Waals surface area contributed by atoms with E-state index in [0.717, 1.165) is 0 Å². The summed E-state index contributed by atoms with van der Waals surface area (Å²) >= 11 is 0. The Bertz CT molecular complexity index is 436. The van der Waals surface area contributed by atoms with E-state index in [0.29, 0.717) is 16.7 Å². The monoisotopic (exact) mass is 270 g/mol. The Morgan fingerprint density at radius 3 is 2.32 bits per heavy atom. The minimum atomic E-state index is -1.28.